The molecule has 0 unspecified atom stereocenters. The van der Waals surface area contributed by atoms with Gasteiger partial charge in [-0.2, -0.15) is 0 Å². The van der Waals surface area contributed by atoms with E-state index in [1.807, 2.05) is 12.1 Å². The van der Waals surface area contributed by atoms with Crippen LogP contribution in [0.25, 0.3) is 20.9 Å². The van der Waals surface area contributed by atoms with E-state index in [1.165, 1.54) is 11.3 Å². The molecule has 0 aromatic carbocycles. The van der Waals surface area contributed by atoms with E-state index in [0.29, 0.717) is 9.35 Å². The van der Waals surface area contributed by atoms with Crippen LogP contribution in [0.4, 0.5) is 4.39 Å². The van der Waals surface area contributed by atoms with Gasteiger partial charge in [0.1, 0.15) is 0 Å². The minimum absolute atomic E-state index is 0.233. The van der Waals surface area contributed by atoms with Gasteiger partial charge in [0.15, 0.2) is 5.82 Å². The standard InChI is InChI=1S/C14H8BrFN2S/c15-11-12(16)14(10-3-7-18-8-4-10)19-13(11)9-1-5-17-6-2-9/h1-8H. The topological polar surface area (TPSA) is 25.8 Å². The average molecular weight is 335 g/mol. The maximum absolute atomic E-state index is 14.3. The van der Waals surface area contributed by atoms with E-state index in [4.69, 9.17) is 0 Å². The molecule has 3 heterocycles. The molecule has 0 radical (unpaired) electrons. The minimum Gasteiger partial charge on any atom is -0.265 e. The van der Waals surface area contributed by atoms with E-state index in [1.54, 1.807) is 36.9 Å². The second-order valence-electron chi connectivity index (χ2n) is 3.86. The molecule has 94 valence electrons. The summed E-state index contributed by atoms with van der Waals surface area (Å²) in [7, 11) is 0. The van der Waals surface area contributed by atoms with Gasteiger partial charge in [0.25, 0.3) is 0 Å². The van der Waals surface area contributed by atoms with Gasteiger partial charge in [-0.25, -0.2) is 4.39 Å². The Kier molecular flexibility index (Phi) is 3.40. The smallest absolute Gasteiger partial charge is 0.156 e. The monoisotopic (exact) mass is 334 g/mol. The van der Waals surface area contributed by atoms with E-state index in [0.717, 1.165) is 16.0 Å². The number of aromatic nitrogens is 2. The van der Waals surface area contributed by atoms with Crippen molar-refractivity contribution in [1.82, 2.24) is 9.97 Å². The van der Waals surface area contributed by atoms with Gasteiger partial charge in [0, 0.05) is 24.8 Å². The highest BCUT2D eigenvalue weighted by Crippen LogP contribution is 2.43. The first-order valence-electron chi connectivity index (χ1n) is 5.56. The van der Waals surface area contributed by atoms with Gasteiger partial charge in [0.05, 0.1) is 14.2 Å². The predicted molar refractivity (Wildman–Crippen MR) is 78.4 cm³/mol. The molecule has 0 bridgehead atoms. The maximum Gasteiger partial charge on any atom is 0.156 e. The molecule has 0 aliphatic rings. The summed E-state index contributed by atoms with van der Waals surface area (Å²) < 4.78 is 14.8. The van der Waals surface area contributed by atoms with Gasteiger partial charge in [-0.05, 0) is 51.3 Å². The van der Waals surface area contributed by atoms with E-state index in [-0.39, 0.29) is 5.82 Å². The van der Waals surface area contributed by atoms with Gasteiger partial charge >= 0.3 is 0 Å². The molecule has 0 fully saturated rings. The molecular weight excluding hydrogens is 327 g/mol. The molecule has 3 rings (SSSR count). The molecule has 0 atom stereocenters. The fourth-order valence-corrected chi connectivity index (χ4v) is 3.65. The lowest BCUT2D eigenvalue weighted by atomic mass is 10.2. The molecule has 0 saturated heterocycles. The van der Waals surface area contributed by atoms with Crippen molar-refractivity contribution in [3.05, 3.63) is 59.3 Å². The lowest BCUT2D eigenvalue weighted by molar-refractivity contribution is 0.630. The molecule has 0 saturated carbocycles. The zero-order chi connectivity index (χ0) is 13.2. The summed E-state index contributed by atoms with van der Waals surface area (Å²) in [5.74, 6) is -0.233. The summed E-state index contributed by atoms with van der Waals surface area (Å²) in [5, 5.41) is 0. The largest absolute Gasteiger partial charge is 0.265 e. The van der Waals surface area contributed by atoms with Gasteiger partial charge in [-0.3, -0.25) is 9.97 Å². The van der Waals surface area contributed by atoms with Crippen molar-refractivity contribution >= 4 is 27.3 Å². The zero-order valence-corrected chi connectivity index (χ0v) is 12.1. The van der Waals surface area contributed by atoms with Crippen LogP contribution in [0.5, 0.6) is 0 Å². The molecule has 0 N–H and O–H groups in total. The third kappa shape index (κ3) is 2.31. The number of halogens is 2. The Morgan fingerprint density at radius 1 is 0.842 bits per heavy atom. The van der Waals surface area contributed by atoms with Crippen LogP contribution < -0.4 is 0 Å². The minimum atomic E-state index is -0.233. The normalized spacial score (nSPS) is 10.6. The van der Waals surface area contributed by atoms with Crippen molar-refractivity contribution in [2.75, 3.05) is 0 Å². The molecule has 0 spiro atoms. The highest BCUT2D eigenvalue weighted by atomic mass is 79.9. The molecule has 5 heteroatoms. The number of hydrogen-bond acceptors (Lipinski definition) is 3. The number of pyridine rings is 2. The van der Waals surface area contributed by atoms with E-state index < -0.39 is 0 Å². The van der Waals surface area contributed by atoms with Crippen LogP contribution in [0.2, 0.25) is 0 Å². The SMILES string of the molecule is Fc1c(-c2ccncc2)sc(-c2ccncc2)c1Br. The predicted octanol–water partition coefficient (Wildman–Crippen LogP) is 4.77. The second kappa shape index (κ2) is 5.19. The van der Waals surface area contributed by atoms with E-state index in [2.05, 4.69) is 25.9 Å². The first-order valence-corrected chi connectivity index (χ1v) is 7.17. The first kappa shape index (κ1) is 12.4. The summed E-state index contributed by atoms with van der Waals surface area (Å²) >= 11 is 4.75. The van der Waals surface area contributed by atoms with Gasteiger partial charge < -0.3 is 0 Å². The van der Waals surface area contributed by atoms with Crippen molar-refractivity contribution in [3.8, 4) is 20.9 Å². The Balaban J connectivity index is 2.16. The highest BCUT2D eigenvalue weighted by Gasteiger charge is 2.18. The third-order valence-electron chi connectivity index (χ3n) is 2.68. The van der Waals surface area contributed by atoms with Gasteiger partial charge in [0.2, 0.25) is 0 Å². The molecule has 0 amide bonds. The highest BCUT2D eigenvalue weighted by molar-refractivity contribution is 9.10. The number of nitrogens with zero attached hydrogens (tertiary/aromatic N) is 2. The van der Waals surface area contributed by atoms with Crippen LogP contribution in [-0.4, -0.2) is 9.97 Å². The number of thiophene rings is 1. The Labute approximate surface area is 122 Å². The summed E-state index contributed by atoms with van der Waals surface area (Å²) in [4.78, 5) is 9.40. The lowest BCUT2D eigenvalue weighted by Crippen LogP contribution is -1.78. The van der Waals surface area contributed by atoms with Crippen molar-refractivity contribution in [1.29, 1.82) is 0 Å². The summed E-state index contributed by atoms with van der Waals surface area (Å²) in [6.07, 6.45) is 6.72. The number of rotatable bonds is 2. The fraction of sp³-hybridized carbons (Fsp3) is 0. The van der Waals surface area contributed by atoms with Crippen LogP contribution in [0.15, 0.2) is 53.5 Å². The van der Waals surface area contributed by atoms with Crippen molar-refractivity contribution in [3.63, 3.8) is 0 Å². The zero-order valence-electron chi connectivity index (χ0n) is 9.68. The van der Waals surface area contributed by atoms with E-state index >= 15 is 0 Å². The van der Waals surface area contributed by atoms with Gasteiger partial charge in [-0.15, -0.1) is 11.3 Å². The summed E-state index contributed by atoms with van der Waals surface area (Å²) in [6.45, 7) is 0. The molecule has 0 aliphatic carbocycles. The van der Waals surface area contributed by atoms with Crippen LogP contribution in [0.1, 0.15) is 0 Å². The van der Waals surface area contributed by atoms with Crippen LogP contribution in [0.3, 0.4) is 0 Å². The Bertz CT molecular complexity index is 638. The molecule has 2 nitrogen and oxygen atoms in total. The first-order chi connectivity index (χ1) is 9.27. The second-order valence-corrected chi connectivity index (χ2v) is 5.67. The number of hydrogen-bond donors (Lipinski definition) is 0. The van der Waals surface area contributed by atoms with Crippen LogP contribution >= 0.6 is 27.3 Å². The molecule has 19 heavy (non-hydrogen) atoms. The Morgan fingerprint density at radius 3 is 1.84 bits per heavy atom. The summed E-state index contributed by atoms with van der Waals surface area (Å²) in [6, 6.07) is 7.34. The quantitative estimate of drug-likeness (QED) is 0.674. The van der Waals surface area contributed by atoms with Crippen LogP contribution in [-0.2, 0) is 0 Å². The Hall–Kier alpha value is -1.59. The van der Waals surface area contributed by atoms with Gasteiger partial charge in [-0.1, -0.05) is 0 Å². The van der Waals surface area contributed by atoms with Crippen molar-refractivity contribution in [2.45, 2.75) is 0 Å². The fourth-order valence-electron chi connectivity index (χ4n) is 1.77. The van der Waals surface area contributed by atoms with Crippen LogP contribution in [0, 0.1) is 5.82 Å². The maximum atomic E-state index is 14.3. The molecular formula is C14H8BrFN2S. The lowest BCUT2D eigenvalue weighted by Gasteiger charge is -1.96. The Morgan fingerprint density at radius 2 is 1.32 bits per heavy atom. The van der Waals surface area contributed by atoms with E-state index in [9.17, 15) is 4.39 Å². The third-order valence-corrected chi connectivity index (χ3v) is 4.95. The molecule has 0 aliphatic heterocycles. The summed E-state index contributed by atoms with van der Waals surface area (Å²) in [5.41, 5.74) is 1.78. The molecule has 3 aromatic rings. The molecule has 3 aromatic heterocycles. The van der Waals surface area contributed by atoms with Crippen molar-refractivity contribution in [2.24, 2.45) is 0 Å². The average Bonchev–Trinajstić information content (AvgIpc) is 2.77. The van der Waals surface area contributed by atoms with Crippen molar-refractivity contribution < 1.29 is 4.39 Å².